The number of imidazole rings is 1. The Hall–Kier alpha value is -2.49. The third-order valence-electron chi connectivity index (χ3n) is 8.43. The Labute approximate surface area is 248 Å². The molecule has 222 valence electrons. The molecule has 3 aromatic rings. The predicted molar refractivity (Wildman–Crippen MR) is 158 cm³/mol. The lowest BCUT2D eigenvalue weighted by atomic mass is 9.99. The van der Waals surface area contributed by atoms with Crippen molar-refractivity contribution >= 4 is 45.8 Å². The number of fused-ring (bicyclic) bond motifs is 1. The van der Waals surface area contributed by atoms with Gasteiger partial charge in [0.15, 0.2) is 0 Å². The van der Waals surface area contributed by atoms with E-state index in [2.05, 4.69) is 32.7 Å². The van der Waals surface area contributed by atoms with E-state index in [1.165, 1.54) is 0 Å². The lowest BCUT2D eigenvalue weighted by molar-refractivity contribution is -0.192. The van der Waals surface area contributed by atoms with Crippen molar-refractivity contribution in [1.82, 2.24) is 19.8 Å². The number of piperidine rings is 1. The second kappa shape index (κ2) is 11.7. The zero-order valence-electron chi connectivity index (χ0n) is 23.6. The quantitative estimate of drug-likeness (QED) is 0.294. The van der Waals surface area contributed by atoms with Crippen LogP contribution in [0.1, 0.15) is 49.6 Å². The first-order chi connectivity index (χ1) is 19.4. The molecule has 1 amide bonds. The number of carbonyl (C=O) groups excluding carboxylic acids is 1. The molecule has 1 aromatic heterocycles. The van der Waals surface area contributed by atoms with Gasteiger partial charge in [-0.25, -0.2) is 4.98 Å². The van der Waals surface area contributed by atoms with Gasteiger partial charge >= 0.3 is 6.18 Å². The minimum absolute atomic E-state index is 0.00863. The molecule has 0 radical (unpaired) electrons. The fourth-order valence-electron chi connectivity index (χ4n) is 5.52. The summed E-state index contributed by atoms with van der Waals surface area (Å²) < 4.78 is 42.2. The van der Waals surface area contributed by atoms with Gasteiger partial charge in [-0.15, -0.1) is 0 Å². The zero-order chi connectivity index (χ0) is 29.5. The van der Waals surface area contributed by atoms with E-state index >= 15 is 0 Å². The highest BCUT2D eigenvalue weighted by molar-refractivity contribution is 6.34. The van der Waals surface area contributed by atoms with E-state index < -0.39 is 17.5 Å². The van der Waals surface area contributed by atoms with E-state index in [0.717, 1.165) is 60.6 Å². The molecule has 41 heavy (non-hydrogen) atoms. The molecule has 2 heterocycles. The molecular formula is C30H36Cl2F3N5O. The number of nitrogens with zero attached hydrogens (tertiary/aromatic N) is 4. The second-order valence-electron chi connectivity index (χ2n) is 11.8. The van der Waals surface area contributed by atoms with Crippen molar-refractivity contribution in [3.8, 4) is 0 Å². The van der Waals surface area contributed by atoms with Crippen LogP contribution >= 0.6 is 23.2 Å². The Morgan fingerprint density at radius 2 is 1.83 bits per heavy atom. The Kier molecular flexibility index (Phi) is 8.52. The Morgan fingerprint density at radius 3 is 2.46 bits per heavy atom. The molecule has 1 aliphatic carbocycles. The number of carbonyl (C=O) groups is 1. The molecule has 0 unspecified atom stereocenters. The standard InChI is InChI=1S/C30H36Cl2F3N5O/c1-19-6-10-39(11-7-19)25-17-26-24(16-23(25)32)37-27(40(26)13-12-38(2)3)15-21-14-20(4-5-22(21)31)18-36-28(41)29(8-9-29)30(33,34)35/h4-5,14,16-17,19H,6-13,15,18H2,1-3H3,(H,36,41). The van der Waals surface area contributed by atoms with Gasteiger partial charge in [0, 0.05) is 44.2 Å². The zero-order valence-corrected chi connectivity index (χ0v) is 25.1. The van der Waals surface area contributed by atoms with Gasteiger partial charge in [0.05, 0.1) is 21.7 Å². The maximum absolute atomic E-state index is 13.3. The number of rotatable bonds is 9. The van der Waals surface area contributed by atoms with Crippen molar-refractivity contribution in [3.05, 3.63) is 57.3 Å². The molecule has 2 fully saturated rings. The van der Waals surface area contributed by atoms with Crippen LogP contribution in [0.4, 0.5) is 18.9 Å². The highest BCUT2D eigenvalue weighted by atomic mass is 35.5. The van der Waals surface area contributed by atoms with Gasteiger partial charge in [0.2, 0.25) is 5.91 Å². The van der Waals surface area contributed by atoms with E-state index in [-0.39, 0.29) is 19.4 Å². The van der Waals surface area contributed by atoms with Gasteiger partial charge in [-0.3, -0.25) is 4.79 Å². The molecule has 11 heteroatoms. The minimum atomic E-state index is -4.54. The molecular weight excluding hydrogens is 574 g/mol. The fourth-order valence-corrected chi connectivity index (χ4v) is 5.98. The maximum Gasteiger partial charge on any atom is 0.403 e. The Bertz CT molecular complexity index is 1430. The number of hydrogen-bond acceptors (Lipinski definition) is 4. The maximum atomic E-state index is 13.3. The third kappa shape index (κ3) is 6.32. The lowest BCUT2D eigenvalue weighted by Gasteiger charge is -2.32. The van der Waals surface area contributed by atoms with Crippen LogP contribution in [-0.4, -0.2) is 60.3 Å². The molecule has 1 aliphatic heterocycles. The predicted octanol–water partition coefficient (Wildman–Crippen LogP) is 6.69. The van der Waals surface area contributed by atoms with Crippen molar-refractivity contribution in [2.45, 2.75) is 58.3 Å². The molecule has 1 saturated carbocycles. The lowest BCUT2D eigenvalue weighted by Crippen LogP contribution is -2.40. The van der Waals surface area contributed by atoms with Crippen LogP contribution in [-0.2, 0) is 24.3 Å². The van der Waals surface area contributed by atoms with Gasteiger partial charge in [-0.05, 0) is 75.0 Å². The number of benzene rings is 2. The van der Waals surface area contributed by atoms with Crippen LogP contribution in [0, 0.1) is 11.3 Å². The Balaban J connectivity index is 1.41. The molecule has 0 spiro atoms. The molecule has 0 bridgehead atoms. The number of nitrogens with one attached hydrogen (secondary N) is 1. The van der Waals surface area contributed by atoms with E-state index in [4.69, 9.17) is 28.2 Å². The van der Waals surface area contributed by atoms with Gasteiger partial charge in [-0.2, -0.15) is 13.2 Å². The fraction of sp³-hybridized carbons (Fsp3) is 0.533. The van der Waals surface area contributed by atoms with Gasteiger partial charge in [-0.1, -0.05) is 42.3 Å². The molecule has 5 rings (SSSR count). The van der Waals surface area contributed by atoms with Gasteiger partial charge in [0.25, 0.3) is 0 Å². The van der Waals surface area contributed by atoms with Gasteiger partial charge < -0.3 is 19.7 Å². The highest BCUT2D eigenvalue weighted by Gasteiger charge is 2.68. The van der Waals surface area contributed by atoms with Crippen LogP contribution in [0.3, 0.4) is 0 Å². The van der Waals surface area contributed by atoms with E-state index in [1.807, 2.05) is 26.2 Å². The third-order valence-corrected chi connectivity index (χ3v) is 9.10. The normalized spacial score (nSPS) is 17.4. The van der Waals surface area contributed by atoms with Crippen LogP contribution in [0.25, 0.3) is 11.0 Å². The summed E-state index contributed by atoms with van der Waals surface area (Å²) in [6, 6.07) is 9.34. The smallest absolute Gasteiger partial charge is 0.370 e. The van der Waals surface area contributed by atoms with Crippen LogP contribution in [0.5, 0.6) is 0 Å². The second-order valence-corrected chi connectivity index (χ2v) is 12.6. The first kappa shape index (κ1) is 30.0. The average Bonchev–Trinajstić information content (AvgIpc) is 3.67. The largest absolute Gasteiger partial charge is 0.403 e. The Morgan fingerprint density at radius 1 is 1.12 bits per heavy atom. The number of aromatic nitrogens is 2. The highest BCUT2D eigenvalue weighted by Crippen LogP contribution is 2.57. The summed E-state index contributed by atoms with van der Waals surface area (Å²) in [6.45, 7) is 5.72. The van der Waals surface area contributed by atoms with Crippen LogP contribution in [0.2, 0.25) is 10.0 Å². The van der Waals surface area contributed by atoms with Crippen LogP contribution < -0.4 is 10.2 Å². The summed E-state index contributed by atoms with van der Waals surface area (Å²) in [5, 5.41) is 3.69. The molecule has 1 N–H and O–H groups in total. The molecule has 1 saturated heterocycles. The topological polar surface area (TPSA) is 53.4 Å². The first-order valence-electron chi connectivity index (χ1n) is 14.1. The number of amides is 1. The number of halogens is 5. The molecule has 2 aliphatic rings. The minimum Gasteiger partial charge on any atom is -0.370 e. The van der Waals surface area contributed by atoms with Crippen molar-refractivity contribution in [2.75, 3.05) is 38.6 Å². The molecule has 0 atom stereocenters. The van der Waals surface area contributed by atoms with Crippen molar-refractivity contribution in [1.29, 1.82) is 0 Å². The van der Waals surface area contributed by atoms with Crippen molar-refractivity contribution in [2.24, 2.45) is 11.3 Å². The summed E-state index contributed by atoms with van der Waals surface area (Å²) >= 11 is 13.4. The van der Waals surface area contributed by atoms with Crippen LogP contribution in [0.15, 0.2) is 30.3 Å². The van der Waals surface area contributed by atoms with E-state index in [1.54, 1.807) is 12.1 Å². The summed E-state index contributed by atoms with van der Waals surface area (Å²) in [6.07, 6.45) is -2.19. The monoisotopic (exact) mass is 609 g/mol. The average molecular weight is 611 g/mol. The van der Waals surface area contributed by atoms with Crippen molar-refractivity contribution in [3.63, 3.8) is 0 Å². The number of likely N-dealkylation sites (N-methyl/N-ethyl adjacent to an activating group) is 1. The summed E-state index contributed by atoms with van der Waals surface area (Å²) in [5.74, 6) is 0.557. The summed E-state index contributed by atoms with van der Waals surface area (Å²) in [4.78, 5) is 21.8. The summed E-state index contributed by atoms with van der Waals surface area (Å²) in [7, 11) is 4.05. The molecule has 2 aromatic carbocycles. The van der Waals surface area contributed by atoms with Gasteiger partial charge in [0.1, 0.15) is 11.2 Å². The number of hydrogen-bond donors (Lipinski definition) is 1. The molecule has 6 nitrogen and oxygen atoms in total. The summed E-state index contributed by atoms with van der Waals surface area (Å²) in [5.41, 5.74) is 2.04. The SMILES string of the molecule is CC1CCN(c2cc3c(cc2Cl)nc(Cc2cc(CNC(=O)C4(C(F)(F)F)CC4)ccc2Cl)n3CCN(C)C)CC1. The first-order valence-corrected chi connectivity index (χ1v) is 14.8. The number of anilines is 1. The van der Waals surface area contributed by atoms with E-state index in [9.17, 15) is 18.0 Å². The van der Waals surface area contributed by atoms with E-state index in [0.29, 0.717) is 34.5 Å². The number of alkyl halides is 3. The van der Waals surface area contributed by atoms with Crippen molar-refractivity contribution < 1.29 is 18.0 Å².